The van der Waals surface area contributed by atoms with E-state index in [1.807, 2.05) is 6.92 Å². The van der Waals surface area contributed by atoms with Crippen molar-refractivity contribution in [3.8, 4) is 0 Å². The molecule has 0 amide bonds. The number of rotatable bonds is 3. The zero-order valence-corrected chi connectivity index (χ0v) is 11.8. The Bertz CT molecular complexity index is 450. The van der Waals surface area contributed by atoms with Crippen LogP contribution in [-0.2, 0) is 9.53 Å². The monoisotopic (exact) mass is 313 g/mol. The normalized spacial score (nSPS) is 19.9. The smallest absolute Gasteiger partial charge is 0.306 e. The van der Waals surface area contributed by atoms with Crippen LogP contribution in [0.1, 0.15) is 12.0 Å². The highest BCUT2D eigenvalue weighted by Crippen LogP contribution is 2.25. The minimum absolute atomic E-state index is 0.0591. The number of aliphatic carboxylic acids is 1. The summed E-state index contributed by atoms with van der Waals surface area (Å²) in [6.07, 6.45) is -0.167. The molecule has 5 heteroatoms. The lowest BCUT2D eigenvalue weighted by Crippen LogP contribution is -2.43. The van der Waals surface area contributed by atoms with Gasteiger partial charge in [-0.1, -0.05) is 22.0 Å². The van der Waals surface area contributed by atoms with Crippen LogP contribution in [0.2, 0.25) is 0 Å². The quantitative estimate of drug-likeness (QED) is 0.931. The molecule has 1 aromatic rings. The fourth-order valence-electron chi connectivity index (χ4n) is 2.05. The van der Waals surface area contributed by atoms with Crippen molar-refractivity contribution in [3.63, 3.8) is 0 Å². The third-order valence-corrected chi connectivity index (χ3v) is 3.92. The number of ether oxygens (including phenoxy) is 1. The van der Waals surface area contributed by atoms with E-state index in [1.165, 1.54) is 5.56 Å². The molecule has 1 fully saturated rings. The van der Waals surface area contributed by atoms with Gasteiger partial charge in [-0.25, -0.2) is 0 Å². The number of aryl methyl sites for hydroxylation is 1. The third kappa shape index (κ3) is 3.23. The molecule has 98 valence electrons. The molecule has 0 saturated carbocycles. The molecule has 1 saturated heterocycles. The van der Waals surface area contributed by atoms with E-state index in [0.717, 1.165) is 16.7 Å². The van der Waals surface area contributed by atoms with Crippen LogP contribution in [0.3, 0.4) is 0 Å². The highest BCUT2D eigenvalue weighted by molar-refractivity contribution is 9.10. The minimum Gasteiger partial charge on any atom is -0.481 e. The summed E-state index contributed by atoms with van der Waals surface area (Å²) in [5.41, 5.74) is 2.29. The molecule has 1 atom stereocenters. The van der Waals surface area contributed by atoms with Gasteiger partial charge in [-0.2, -0.15) is 0 Å². The van der Waals surface area contributed by atoms with Crippen LogP contribution in [0.15, 0.2) is 22.7 Å². The Morgan fingerprint density at radius 1 is 1.61 bits per heavy atom. The van der Waals surface area contributed by atoms with Gasteiger partial charge in [-0.3, -0.25) is 4.79 Å². The van der Waals surface area contributed by atoms with Crippen LogP contribution in [0.5, 0.6) is 0 Å². The third-order valence-electron chi connectivity index (χ3n) is 3.06. The van der Waals surface area contributed by atoms with Gasteiger partial charge in [0.2, 0.25) is 0 Å². The topological polar surface area (TPSA) is 49.8 Å². The highest BCUT2D eigenvalue weighted by Gasteiger charge is 2.23. The lowest BCUT2D eigenvalue weighted by atomic mass is 10.1. The number of carboxylic acids is 1. The molecular weight excluding hydrogens is 298 g/mol. The maximum atomic E-state index is 10.7. The second kappa shape index (κ2) is 5.71. The van der Waals surface area contributed by atoms with E-state index in [0.29, 0.717) is 13.2 Å². The maximum Gasteiger partial charge on any atom is 0.306 e. The van der Waals surface area contributed by atoms with Gasteiger partial charge >= 0.3 is 5.97 Å². The van der Waals surface area contributed by atoms with Crippen LogP contribution >= 0.6 is 15.9 Å². The van der Waals surface area contributed by atoms with Crippen LogP contribution in [0.4, 0.5) is 5.69 Å². The number of hydrogen-bond donors (Lipinski definition) is 1. The van der Waals surface area contributed by atoms with E-state index < -0.39 is 5.97 Å². The van der Waals surface area contributed by atoms with Crippen molar-refractivity contribution in [3.05, 3.63) is 28.2 Å². The molecule has 18 heavy (non-hydrogen) atoms. The molecule has 1 unspecified atom stereocenters. The first kappa shape index (κ1) is 13.4. The SMILES string of the molecule is Cc1ccc(N2CCOC(CC(=O)O)C2)cc1Br. The van der Waals surface area contributed by atoms with Crippen LogP contribution < -0.4 is 4.90 Å². The van der Waals surface area contributed by atoms with Gasteiger partial charge in [-0.05, 0) is 24.6 Å². The highest BCUT2D eigenvalue weighted by atomic mass is 79.9. The molecule has 1 heterocycles. The number of carbonyl (C=O) groups is 1. The average molecular weight is 314 g/mol. The van der Waals surface area contributed by atoms with Crippen molar-refractivity contribution in [1.82, 2.24) is 0 Å². The van der Waals surface area contributed by atoms with Crippen LogP contribution in [0.25, 0.3) is 0 Å². The summed E-state index contributed by atoms with van der Waals surface area (Å²) in [4.78, 5) is 12.9. The Morgan fingerprint density at radius 2 is 2.39 bits per heavy atom. The van der Waals surface area contributed by atoms with Gasteiger partial charge in [0.15, 0.2) is 0 Å². The molecule has 2 rings (SSSR count). The van der Waals surface area contributed by atoms with Gasteiger partial charge in [0, 0.05) is 23.2 Å². The van der Waals surface area contributed by atoms with Crippen molar-refractivity contribution in [2.45, 2.75) is 19.4 Å². The van der Waals surface area contributed by atoms with Crippen molar-refractivity contribution in [2.75, 3.05) is 24.6 Å². The Labute approximate surface area is 115 Å². The number of anilines is 1. The molecule has 1 aromatic carbocycles. The second-order valence-electron chi connectivity index (χ2n) is 4.47. The van der Waals surface area contributed by atoms with E-state index in [-0.39, 0.29) is 12.5 Å². The second-order valence-corrected chi connectivity index (χ2v) is 5.32. The van der Waals surface area contributed by atoms with Gasteiger partial charge < -0.3 is 14.7 Å². The summed E-state index contributed by atoms with van der Waals surface area (Å²) >= 11 is 3.52. The van der Waals surface area contributed by atoms with E-state index >= 15 is 0 Å². The maximum absolute atomic E-state index is 10.7. The zero-order valence-electron chi connectivity index (χ0n) is 10.2. The number of benzene rings is 1. The first-order chi connectivity index (χ1) is 8.56. The van der Waals surface area contributed by atoms with E-state index in [4.69, 9.17) is 9.84 Å². The molecule has 4 nitrogen and oxygen atoms in total. The Balaban J connectivity index is 2.08. The molecule has 0 radical (unpaired) electrons. The predicted octanol–water partition coefficient (Wildman–Crippen LogP) is 2.44. The fourth-order valence-corrected chi connectivity index (χ4v) is 2.42. The Kier molecular flexibility index (Phi) is 4.24. The van der Waals surface area contributed by atoms with Crippen molar-refractivity contribution < 1.29 is 14.6 Å². The Morgan fingerprint density at radius 3 is 3.06 bits per heavy atom. The number of hydrogen-bond acceptors (Lipinski definition) is 3. The standard InChI is InChI=1S/C13H16BrNO3/c1-9-2-3-10(6-12(9)14)15-4-5-18-11(8-15)7-13(16)17/h2-3,6,11H,4-5,7-8H2,1H3,(H,16,17). The first-order valence-electron chi connectivity index (χ1n) is 5.91. The molecule has 1 aliphatic heterocycles. The summed E-state index contributed by atoms with van der Waals surface area (Å²) in [7, 11) is 0. The largest absolute Gasteiger partial charge is 0.481 e. The number of morpholine rings is 1. The van der Waals surface area contributed by atoms with Crippen molar-refractivity contribution in [1.29, 1.82) is 0 Å². The van der Waals surface area contributed by atoms with Gasteiger partial charge in [0.05, 0.1) is 19.1 Å². The number of carboxylic acid groups (broad SMARTS) is 1. The van der Waals surface area contributed by atoms with Crippen LogP contribution in [-0.4, -0.2) is 36.9 Å². The fraction of sp³-hybridized carbons (Fsp3) is 0.462. The first-order valence-corrected chi connectivity index (χ1v) is 6.70. The van der Waals surface area contributed by atoms with Gasteiger partial charge in [0.25, 0.3) is 0 Å². The van der Waals surface area contributed by atoms with Gasteiger partial charge in [-0.15, -0.1) is 0 Å². The summed E-state index contributed by atoms with van der Waals surface area (Å²) in [5.74, 6) is -0.813. The predicted molar refractivity (Wildman–Crippen MR) is 73.1 cm³/mol. The zero-order chi connectivity index (χ0) is 13.1. The van der Waals surface area contributed by atoms with E-state index in [1.54, 1.807) is 0 Å². The summed E-state index contributed by atoms with van der Waals surface area (Å²) in [6.45, 7) is 4.04. The summed E-state index contributed by atoms with van der Waals surface area (Å²) in [5, 5.41) is 8.80. The lowest BCUT2D eigenvalue weighted by molar-refractivity contribution is -0.140. The van der Waals surface area contributed by atoms with Crippen molar-refractivity contribution >= 4 is 27.6 Å². The minimum atomic E-state index is -0.813. The summed E-state index contributed by atoms with van der Waals surface area (Å²) < 4.78 is 6.53. The van der Waals surface area contributed by atoms with Crippen molar-refractivity contribution in [2.24, 2.45) is 0 Å². The Hall–Kier alpha value is -1.07. The van der Waals surface area contributed by atoms with E-state index in [9.17, 15) is 4.79 Å². The number of nitrogens with zero attached hydrogens (tertiary/aromatic N) is 1. The van der Waals surface area contributed by atoms with Gasteiger partial charge in [0.1, 0.15) is 0 Å². The molecule has 1 N–H and O–H groups in total. The summed E-state index contributed by atoms with van der Waals surface area (Å²) in [6, 6.07) is 6.18. The lowest BCUT2D eigenvalue weighted by Gasteiger charge is -2.34. The molecule has 0 aliphatic carbocycles. The molecular formula is C13H16BrNO3. The molecule has 1 aliphatic rings. The molecule has 0 aromatic heterocycles. The number of halogens is 1. The average Bonchev–Trinajstić information content (AvgIpc) is 2.32. The van der Waals surface area contributed by atoms with Crippen LogP contribution in [0, 0.1) is 6.92 Å². The van der Waals surface area contributed by atoms with E-state index in [2.05, 4.69) is 39.0 Å². The molecule has 0 spiro atoms. The molecule has 0 bridgehead atoms.